The van der Waals surface area contributed by atoms with Crippen LogP contribution in [-0.2, 0) is 6.18 Å². The van der Waals surface area contributed by atoms with Gasteiger partial charge in [-0.15, -0.1) is 0 Å². The van der Waals surface area contributed by atoms with E-state index in [1.54, 1.807) is 6.92 Å². The van der Waals surface area contributed by atoms with Crippen LogP contribution in [0.15, 0.2) is 29.3 Å². The van der Waals surface area contributed by atoms with Crippen molar-refractivity contribution in [1.82, 2.24) is 0 Å². The van der Waals surface area contributed by atoms with Crippen molar-refractivity contribution in [2.24, 2.45) is 5.73 Å². The molecule has 3 N–H and O–H groups in total. The fourth-order valence-corrected chi connectivity index (χ4v) is 3.28. The lowest BCUT2D eigenvalue weighted by atomic mass is 9.83. The molecular weight excluding hydrogens is 325 g/mol. The van der Waals surface area contributed by atoms with Gasteiger partial charge in [-0.05, 0) is 57.4 Å². The Kier molecular flexibility index (Phi) is 7.54. The smallest absolute Gasteiger partial charge is 0.381 e. The minimum atomic E-state index is -4.31. The molecule has 0 fully saturated rings. The number of rotatable bonds is 8. The second-order valence-electron chi connectivity index (χ2n) is 7.06. The standard InChI is InChI=1S/C20H31F3N2/c1-6-8-17(19(5,24)11-7-2)15(4)13-25-18-10-9-16(12-14(18)3)20(21,22)23/h9-10,12,25H,6-8,11,13,24H2,1-5H3/b17-15+. The number of hydrogen-bond acceptors (Lipinski definition) is 2. The minimum absolute atomic E-state index is 0.342. The molecule has 0 amide bonds. The Morgan fingerprint density at radius 1 is 1.16 bits per heavy atom. The van der Waals surface area contributed by atoms with Crippen LogP contribution in [0.5, 0.6) is 0 Å². The van der Waals surface area contributed by atoms with Crippen LogP contribution in [0.2, 0.25) is 0 Å². The van der Waals surface area contributed by atoms with Gasteiger partial charge >= 0.3 is 6.18 Å². The molecule has 1 aromatic rings. The maximum Gasteiger partial charge on any atom is 0.416 e. The predicted octanol–water partition coefficient (Wildman–Crippen LogP) is 6.06. The molecule has 5 heteroatoms. The number of nitrogens with two attached hydrogens (primary N) is 1. The van der Waals surface area contributed by atoms with Gasteiger partial charge in [-0.3, -0.25) is 0 Å². The monoisotopic (exact) mass is 356 g/mol. The molecule has 0 saturated heterocycles. The van der Waals surface area contributed by atoms with E-state index >= 15 is 0 Å². The summed E-state index contributed by atoms with van der Waals surface area (Å²) in [7, 11) is 0. The molecule has 0 bridgehead atoms. The third-order valence-electron chi connectivity index (χ3n) is 4.57. The SMILES string of the molecule is CCC/C(=C(/C)CNc1ccc(C(F)(F)F)cc1C)C(C)(N)CCC. The molecule has 0 aliphatic rings. The van der Waals surface area contributed by atoms with Crippen LogP contribution in [-0.4, -0.2) is 12.1 Å². The van der Waals surface area contributed by atoms with Gasteiger partial charge in [0.05, 0.1) is 5.56 Å². The van der Waals surface area contributed by atoms with E-state index in [4.69, 9.17) is 5.73 Å². The highest BCUT2D eigenvalue weighted by molar-refractivity contribution is 5.53. The van der Waals surface area contributed by atoms with E-state index in [1.165, 1.54) is 23.3 Å². The van der Waals surface area contributed by atoms with Gasteiger partial charge in [0.25, 0.3) is 0 Å². The lowest BCUT2D eigenvalue weighted by Crippen LogP contribution is -2.39. The first kappa shape index (κ1) is 21.6. The fraction of sp³-hybridized carbons (Fsp3) is 0.600. The van der Waals surface area contributed by atoms with Crippen molar-refractivity contribution in [3.05, 3.63) is 40.5 Å². The third kappa shape index (κ3) is 6.07. The summed E-state index contributed by atoms with van der Waals surface area (Å²) in [6.45, 7) is 10.6. The zero-order chi connectivity index (χ0) is 19.3. The maximum absolute atomic E-state index is 12.8. The highest BCUT2D eigenvalue weighted by atomic mass is 19.4. The Bertz CT molecular complexity index is 601. The van der Waals surface area contributed by atoms with Crippen LogP contribution in [0, 0.1) is 6.92 Å². The summed E-state index contributed by atoms with van der Waals surface area (Å²) >= 11 is 0. The molecule has 1 aromatic carbocycles. The molecule has 2 nitrogen and oxygen atoms in total. The minimum Gasteiger partial charge on any atom is -0.381 e. The Hall–Kier alpha value is -1.49. The number of aryl methyl sites for hydroxylation is 1. The summed E-state index contributed by atoms with van der Waals surface area (Å²) in [6.07, 6.45) is -0.429. The molecule has 142 valence electrons. The summed E-state index contributed by atoms with van der Waals surface area (Å²) in [5.74, 6) is 0. The molecule has 0 aliphatic carbocycles. The molecule has 0 heterocycles. The zero-order valence-corrected chi connectivity index (χ0v) is 16.0. The van der Waals surface area contributed by atoms with Gasteiger partial charge in [0, 0.05) is 17.8 Å². The predicted molar refractivity (Wildman–Crippen MR) is 99.8 cm³/mol. The van der Waals surface area contributed by atoms with Crippen molar-refractivity contribution in [2.75, 3.05) is 11.9 Å². The second-order valence-corrected chi connectivity index (χ2v) is 7.06. The van der Waals surface area contributed by atoms with Crippen LogP contribution in [0.25, 0.3) is 0 Å². The van der Waals surface area contributed by atoms with E-state index in [9.17, 15) is 13.2 Å². The van der Waals surface area contributed by atoms with Gasteiger partial charge in [0.2, 0.25) is 0 Å². The topological polar surface area (TPSA) is 38.0 Å². The van der Waals surface area contributed by atoms with E-state index in [0.29, 0.717) is 12.1 Å². The van der Waals surface area contributed by atoms with Crippen LogP contribution in [0.1, 0.15) is 64.5 Å². The van der Waals surface area contributed by atoms with Crippen molar-refractivity contribution >= 4 is 5.69 Å². The summed E-state index contributed by atoms with van der Waals surface area (Å²) in [6, 6.07) is 3.79. The molecule has 0 aliphatic heterocycles. The number of alkyl halides is 3. The number of anilines is 1. The zero-order valence-electron chi connectivity index (χ0n) is 16.0. The van der Waals surface area contributed by atoms with E-state index in [2.05, 4.69) is 33.0 Å². The third-order valence-corrected chi connectivity index (χ3v) is 4.57. The first-order valence-electron chi connectivity index (χ1n) is 8.92. The molecular formula is C20H31F3N2. The quantitative estimate of drug-likeness (QED) is 0.556. The average molecular weight is 356 g/mol. The van der Waals surface area contributed by atoms with Gasteiger partial charge in [0.1, 0.15) is 0 Å². The number of benzene rings is 1. The van der Waals surface area contributed by atoms with Crippen molar-refractivity contribution in [1.29, 1.82) is 0 Å². The summed E-state index contributed by atoms with van der Waals surface area (Å²) in [5.41, 5.74) is 9.27. The van der Waals surface area contributed by atoms with Crippen molar-refractivity contribution in [3.63, 3.8) is 0 Å². The Labute approximate surface area is 149 Å². The summed E-state index contributed by atoms with van der Waals surface area (Å²) < 4.78 is 38.3. The van der Waals surface area contributed by atoms with Gasteiger partial charge < -0.3 is 11.1 Å². The fourth-order valence-electron chi connectivity index (χ4n) is 3.28. The van der Waals surface area contributed by atoms with E-state index in [1.807, 2.05) is 0 Å². The van der Waals surface area contributed by atoms with Crippen molar-refractivity contribution < 1.29 is 13.2 Å². The number of nitrogens with one attached hydrogen (secondary N) is 1. The van der Waals surface area contributed by atoms with Gasteiger partial charge in [0.15, 0.2) is 0 Å². The van der Waals surface area contributed by atoms with Crippen molar-refractivity contribution in [3.8, 4) is 0 Å². The van der Waals surface area contributed by atoms with Crippen molar-refractivity contribution in [2.45, 2.75) is 72.0 Å². The second kappa shape index (κ2) is 8.75. The first-order valence-corrected chi connectivity index (χ1v) is 8.92. The van der Waals surface area contributed by atoms with E-state index in [0.717, 1.165) is 37.4 Å². The highest BCUT2D eigenvalue weighted by Gasteiger charge is 2.30. The number of halogens is 3. The Morgan fingerprint density at radius 3 is 2.28 bits per heavy atom. The summed E-state index contributed by atoms with van der Waals surface area (Å²) in [5, 5.41) is 3.26. The van der Waals surface area contributed by atoms with E-state index < -0.39 is 11.7 Å². The summed E-state index contributed by atoms with van der Waals surface area (Å²) in [4.78, 5) is 0. The lowest BCUT2D eigenvalue weighted by molar-refractivity contribution is -0.137. The lowest BCUT2D eigenvalue weighted by Gasteiger charge is -2.30. The first-order chi connectivity index (χ1) is 11.5. The molecule has 0 saturated carbocycles. The average Bonchev–Trinajstić information content (AvgIpc) is 2.49. The molecule has 1 atom stereocenters. The largest absolute Gasteiger partial charge is 0.416 e. The van der Waals surface area contributed by atoms with Crippen LogP contribution >= 0.6 is 0 Å². The van der Waals surface area contributed by atoms with Gasteiger partial charge in [-0.2, -0.15) is 13.2 Å². The highest BCUT2D eigenvalue weighted by Crippen LogP contribution is 2.32. The van der Waals surface area contributed by atoms with E-state index in [-0.39, 0.29) is 5.54 Å². The molecule has 1 unspecified atom stereocenters. The maximum atomic E-state index is 12.8. The molecule has 0 radical (unpaired) electrons. The number of hydrogen-bond donors (Lipinski definition) is 2. The van der Waals surface area contributed by atoms with Crippen LogP contribution in [0.4, 0.5) is 18.9 Å². The Balaban J connectivity index is 2.97. The Morgan fingerprint density at radius 2 is 1.80 bits per heavy atom. The van der Waals surface area contributed by atoms with Gasteiger partial charge in [-0.25, -0.2) is 0 Å². The molecule has 0 aromatic heterocycles. The van der Waals surface area contributed by atoms with Crippen LogP contribution < -0.4 is 11.1 Å². The van der Waals surface area contributed by atoms with Crippen LogP contribution in [0.3, 0.4) is 0 Å². The normalized spacial score (nSPS) is 15.6. The van der Waals surface area contributed by atoms with Gasteiger partial charge in [-0.1, -0.05) is 37.8 Å². The molecule has 0 spiro atoms. The molecule has 25 heavy (non-hydrogen) atoms. The molecule has 1 rings (SSSR count).